The molecule has 0 saturated heterocycles. The van der Waals surface area contributed by atoms with Crippen LogP contribution in [0.15, 0.2) is 60.9 Å². The lowest BCUT2D eigenvalue weighted by Crippen LogP contribution is -2.40. The van der Waals surface area contributed by atoms with Crippen molar-refractivity contribution >= 4 is 11.6 Å². The van der Waals surface area contributed by atoms with Gasteiger partial charge in [0.05, 0.1) is 12.1 Å². The number of nitrogen functional groups attached to an aromatic ring is 1. The third-order valence-corrected chi connectivity index (χ3v) is 4.07. The van der Waals surface area contributed by atoms with Gasteiger partial charge in [-0.05, 0) is 41.5 Å². The van der Waals surface area contributed by atoms with Gasteiger partial charge in [-0.2, -0.15) is 0 Å². The van der Waals surface area contributed by atoms with Crippen molar-refractivity contribution in [2.45, 2.75) is 6.36 Å². The van der Waals surface area contributed by atoms with Gasteiger partial charge in [-0.3, -0.25) is 9.80 Å². The first-order valence-electron chi connectivity index (χ1n) is 8.95. The molecule has 1 heterocycles. The third kappa shape index (κ3) is 6.06. The highest BCUT2D eigenvalue weighted by Crippen LogP contribution is 2.28. The molecule has 0 fully saturated rings. The summed E-state index contributed by atoms with van der Waals surface area (Å²) >= 11 is 0. The normalized spacial score (nSPS) is 11.1. The second-order valence-corrected chi connectivity index (χ2v) is 6.25. The third-order valence-electron chi connectivity index (χ3n) is 4.07. The Morgan fingerprint density at radius 1 is 1.03 bits per heavy atom. The molecular weight excluding hydrogens is 415 g/mol. The van der Waals surface area contributed by atoms with Crippen molar-refractivity contribution in [2.24, 2.45) is 5.84 Å². The first-order valence-corrected chi connectivity index (χ1v) is 8.95. The van der Waals surface area contributed by atoms with Gasteiger partial charge in [-0.15, -0.1) is 13.2 Å². The molecule has 4 N–H and O–H groups in total. The largest absolute Gasteiger partial charge is 0.573 e. The molecule has 0 spiro atoms. The molecule has 1 aromatic heterocycles. The maximum Gasteiger partial charge on any atom is 0.573 e. The number of halogens is 3. The highest BCUT2D eigenvalue weighted by molar-refractivity contribution is 6.00. The van der Waals surface area contributed by atoms with Crippen LogP contribution < -0.4 is 21.1 Å². The Kier molecular flexibility index (Phi) is 6.55. The van der Waals surface area contributed by atoms with E-state index in [1.54, 1.807) is 12.1 Å². The van der Waals surface area contributed by atoms with Crippen molar-refractivity contribution in [3.8, 4) is 22.9 Å². The Bertz CT molecular complexity index is 1030. The molecule has 0 aliphatic carbocycles. The monoisotopic (exact) mass is 433 g/mol. The van der Waals surface area contributed by atoms with Gasteiger partial charge in [-0.1, -0.05) is 18.2 Å². The van der Waals surface area contributed by atoms with Gasteiger partial charge in [0.15, 0.2) is 0 Å². The number of hydrazine groups is 1. The summed E-state index contributed by atoms with van der Waals surface area (Å²) in [7, 11) is 0. The summed E-state index contributed by atoms with van der Waals surface area (Å²) in [5, 5.41) is 0.943. The van der Waals surface area contributed by atoms with E-state index in [0.717, 1.165) is 5.01 Å². The molecule has 1 amide bonds. The second kappa shape index (κ2) is 9.30. The average Bonchev–Trinajstić information content (AvgIpc) is 2.74. The number of hydrogen-bond acceptors (Lipinski definition) is 7. The van der Waals surface area contributed by atoms with E-state index in [-0.39, 0.29) is 36.2 Å². The fraction of sp³-hybridized carbons (Fsp3) is 0.150. The summed E-state index contributed by atoms with van der Waals surface area (Å²) in [5.74, 6) is 4.94. The number of carbonyl (C=O) groups excluding carboxylic acids is 1. The summed E-state index contributed by atoms with van der Waals surface area (Å²) in [4.78, 5) is 20.5. The zero-order valence-corrected chi connectivity index (χ0v) is 16.0. The maximum atomic E-state index is 12.7. The summed E-state index contributed by atoms with van der Waals surface area (Å²) < 4.78 is 46.1. The Hall–Kier alpha value is -3.86. The van der Waals surface area contributed by atoms with Crippen LogP contribution in [-0.2, 0) is 0 Å². The minimum Gasteiger partial charge on any atom is -0.462 e. The van der Waals surface area contributed by atoms with Crippen LogP contribution in [-0.4, -0.2) is 40.4 Å². The quantitative estimate of drug-likeness (QED) is 0.255. The molecule has 0 aliphatic heterocycles. The van der Waals surface area contributed by atoms with Gasteiger partial charge in [0.25, 0.3) is 5.91 Å². The average molecular weight is 433 g/mol. The fourth-order valence-corrected chi connectivity index (χ4v) is 2.62. The van der Waals surface area contributed by atoms with Crippen LogP contribution in [0.1, 0.15) is 10.4 Å². The van der Waals surface area contributed by atoms with Gasteiger partial charge in [0, 0.05) is 18.1 Å². The van der Waals surface area contributed by atoms with Crippen LogP contribution in [0.5, 0.6) is 11.8 Å². The van der Waals surface area contributed by atoms with Crippen LogP contribution in [0.2, 0.25) is 0 Å². The van der Waals surface area contributed by atoms with E-state index in [9.17, 15) is 18.0 Å². The van der Waals surface area contributed by atoms with E-state index in [0.29, 0.717) is 11.1 Å². The van der Waals surface area contributed by atoms with Crippen molar-refractivity contribution in [1.29, 1.82) is 0 Å². The van der Waals surface area contributed by atoms with Crippen molar-refractivity contribution in [2.75, 3.05) is 18.9 Å². The van der Waals surface area contributed by atoms with E-state index >= 15 is 0 Å². The highest BCUT2D eigenvalue weighted by Gasteiger charge is 2.31. The number of ether oxygens (including phenoxy) is 2. The molecule has 0 bridgehead atoms. The molecule has 2 aromatic carbocycles. The van der Waals surface area contributed by atoms with Gasteiger partial charge in [0.1, 0.15) is 12.4 Å². The van der Waals surface area contributed by atoms with Gasteiger partial charge < -0.3 is 15.2 Å². The molecule has 11 heteroatoms. The number of hydrogen-bond donors (Lipinski definition) is 2. The maximum absolute atomic E-state index is 12.7. The molecule has 0 unspecified atom stereocenters. The van der Waals surface area contributed by atoms with Gasteiger partial charge >= 0.3 is 12.4 Å². The standard InChI is InChI=1S/C20H18F3N5O3/c21-20(22,23)31-15-5-2-13(3-6-15)14-4-7-17(24)16(12-14)18(29)28(25)10-11-30-19-26-8-1-9-27-19/h1-9,12H,10-11,24-25H2. The number of anilines is 1. The Morgan fingerprint density at radius 3 is 2.32 bits per heavy atom. The molecule has 0 radical (unpaired) electrons. The molecule has 3 aromatic rings. The lowest BCUT2D eigenvalue weighted by Gasteiger charge is -2.18. The summed E-state index contributed by atoms with van der Waals surface area (Å²) in [5.41, 5.74) is 7.40. The van der Waals surface area contributed by atoms with Crippen LogP contribution >= 0.6 is 0 Å². The fourth-order valence-electron chi connectivity index (χ4n) is 2.62. The molecule has 31 heavy (non-hydrogen) atoms. The number of nitrogens with zero attached hydrogens (tertiary/aromatic N) is 3. The summed E-state index contributed by atoms with van der Waals surface area (Å²) in [6, 6.07) is 11.7. The number of benzene rings is 2. The van der Waals surface area contributed by atoms with Crippen molar-refractivity contribution < 1.29 is 27.4 Å². The molecule has 0 aliphatic rings. The SMILES string of the molecule is Nc1ccc(-c2ccc(OC(F)(F)F)cc2)cc1C(=O)N(N)CCOc1ncccn1. The summed E-state index contributed by atoms with van der Waals surface area (Å²) in [6.45, 7) is 0.108. The van der Waals surface area contributed by atoms with E-state index < -0.39 is 12.3 Å². The zero-order chi connectivity index (χ0) is 22.4. The van der Waals surface area contributed by atoms with E-state index in [2.05, 4.69) is 14.7 Å². The number of aromatic nitrogens is 2. The first-order chi connectivity index (χ1) is 14.7. The number of alkyl halides is 3. The first kappa shape index (κ1) is 21.8. The molecule has 8 nitrogen and oxygen atoms in total. The molecule has 0 atom stereocenters. The number of rotatable bonds is 7. The molecule has 0 saturated carbocycles. The van der Waals surface area contributed by atoms with Crippen molar-refractivity contribution in [3.63, 3.8) is 0 Å². The zero-order valence-electron chi connectivity index (χ0n) is 16.0. The molecule has 3 rings (SSSR count). The number of carbonyl (C=O) groups is 1. The van der Waals surface area contributed by atoms with Gasteiger partial charge in [0.2, 0.25) is 0 Å². The van der Waals surface area contributed by atoms with Gasteiger partial charge in [-0.25, -0.2) is 15.8 Å². The van der Waals surface area contributed by atoms with E-state index in [4.69, 9.17) is 16.3 Å². The second-order valence-electron chi connectivity index (χ2n) is 6.25. The summed E-state index contributed by atoms with van der Waals surface area (Å²) in [6.07, 6.45) is -1.74. The Labute approximate surface area is 175 Å². The predicted molar refractivity (Wildman–Crippen MR) is 106 cm³/mol. The minimum absolute atomic E-state index is 0.0459. The number of amides is 1. The van der Waals surface area contributed by atoms with E-state index in [1.807, 2.05) is 0 Å². The van der Waals surface area contributed by atoms with Crippen molar-refractivity contribution in [3.05, 3.63) is 66.5 Å². The Balaban J connectivity index is 1.69. The van der Waals surface area contributed by atoms with E-state index in [1.165, 1.54) is 48.8 Å². The predicted octanol–water partition coefficient (Wildman–Crippen LogP) is 3.02. The minimum atomic E-state index is -4.77. The molecule has 162 valence electrons. The van der Waals surface area contributed by atoms with Crippen LogP contribution in [0, 0.1) is 0 Å². The lowest BCUT2D eigenvalue weighted by atomic mass is 10.0. The lowest BCUT2D eigenvalue weighted by molar-refractivity contribution is -0.274. The topological polar surface area (TPSA) is 117 Å². The Morgan fingerprint density at radius 2 is 1.68 bits per heavy atom. The van der Waals surface area contributed by atoms with Crippen molar-refractivity contribution in [1.82, 2.24) is 15.0 Å². The molecular formula is C20H18F3N5O3. The highest BCUT2D eigenvalue weighted by atomic mass is 19.4. The smallest absolute Gasteiger partial charge is 0.462 e. The number of nitrogens with two attached hydrogens (primary N) is 2. The van der Waals surface area contributed by atoms with Crippen LogP contribution in [0.3, 0.4) is 0 Å². The van der Waals surface area contributed by atoms with Crippen LogP contribution in [0.25, 0.3) is 11.1 Å². The van der Waals surface area contributed by atoms with Crippen LogP contribution in [0.4, 0.5) is 18.9 Å².